The number of rotatable bonds is 4. The molecule has 5 nitrogen and oxygen atoms in total. The Labute approximate surface area is 172 Å². The first-order valence-electron chi connectivity index (χ1n) is 10.6. The predicted molar refractivity (Wildman–Crippen MR) is 112 cm³/mol. The number of aromatic nitrogens is 1. The van der Waals surface area contributed by atoms with E-state index in [1.165, 1.54) is 6.42 Å². The molecule has 1 aromatic heterocycles. The minimum atomic E-state index is -0.915. The standard InChI is InChI=1S/C24H29N3O2/c25-21(28)24(20-12-5-8-16-26-20)15-9-17-27(18-24)22(29)23(13-6-2-7-14-23)19-10-3-1-4-11-19/h1,3-5,8,10-12,16H,2,6-7,9,13-15,17-18H2,(H2,25,28)/t24-/m1/s1. The third-order valence-corrected chi connectivity index (χ3v) is 6.85. The van der Waals surface area contributed by atoms with E-state index < -0.39 is 16.7 Å². The average molecular weight is 392 g/mol. The molecule has 2 N–H and O–H groups in total. The van der Waals surface area contributed by atoms with E-state index in [0.717, 1.165) is 37.7 Å². The second-order valence-electron chi connectivity index (χ2n) is 8.50. The van der Waals surface area contributed by atoms with Crippen molar-refractivity contribution in [1.29, 1.82) is 0 Å². The van der Waals surface area contributed by atoms with Gasteiger partial charge in [0.25, 0.3) is 0 Å². The summed E-state index contributed by atoms with van der Waals surface area (Å²) in [6, 6.07) is 15.7. The van der Waals surface area contributed by atoms with Crippen LogP contribution < -0.4 is 5.73 Å². The van der Waals surface area contributed by atoms with Gasteiger partial charge < -0.3 is 10.6 Å². The fraction of sp³-hybridized carbons (Fsp3) is 0.458. The van der Waals surface area contributed by atoms with Crippen LogP contribution in [0.4, 0.5) is 0 Å². The van der Waals surface area contributed by atoms with Crippen LogP contribution in [0.5, 0.6) is 0 Å². The van der Waals surface area contributed by atoms with E-state index in [4.69, 9.17) is 5.73 Å². The van der Waals surface area contributed by atoms with Crippen LogP contribution in [0.3, 0.4) is 0 Å². The first-order valence-corrected chi connectivity index (χ1v) is 10.6. The van der Waals surface area contributed by atoms with Gasteiger partial charge in [-0.2, -0.15) is 0 Å². The Hall–Kier alpha value is -2.69. The number of carbonyl (C=O) groups excluding carboxylic acids is 2. The molecule has 1 atom stereocenters. The fourth-order valence-electron chi connectivity index (χ4n) is 5.25. The topological polar surface area (TPSA) is 76.3 Å². The molecule has 0 spiro atoms. The van der Waals surface area contributed by atoms with Crippen molar-refractivity contribution in [3.05, 3.63) is 66.0 Å². The minimum Gasteiger partial charge on any atom is -0.369 e. The fourth-order valence-corrected chi connectivity index (χ4v) is 5.25. The van der Waals surface area contributed by atoms with Gasteiger partial charge in [-0.15, -0.1) is 0 Å². The summed E-state index contributed by atoms with van der Waals surface area (Å²) in [6.07, 6.45) is 8.05. The Morgan fingerprint density at radius 2 is 1.55 bits per heavy atom. The molecule has 4 rings (SSSR count). The quantitative estimate of drug-likeness (QED) is 0.868. The Morgan fingerprint density at radius 1 is 0.862 bits per heavy atom. The van der Waals surface area contributed by atoms with Gasteiger partial charge in [0, 0.05) is 19.3 Å². The molecule has 1 aromatic carbocycles. The number of nitrogens with two attached hydrogens (primary N) is 1. The maximum absolute atomic E-state index is 14.0. The van der Waals surface area contributed by atoms with Crippen molar-refractivity contribution in [2.75, 3.05) is 13.1 Å². The van der Waals surface area contributed by atoms with Crippen molar-refractivity contribution in [2.45, 2.75) is 55.8 Å². The number of carbonyl (C=O) groups is 2. The summed E-state index contributed by atoms with van der Waals surface area (Å²) >= 11 is 0. The van der Waals surface area contributed by atoms with Crippen LogP contribution in [0, 0.1) is 0 Å². The maximum atomic E-state index is 14.0. The van der Waals surface area contributed by atoms with Crippen LogP contribution in [0.1, 0.15) is 56.2 Å². The monoisotopic (exact) mass is 391 g/mol. The van der Waals surface area contributed by atoms with E-state index in [1.54, 1.807) is 6.20 Å². The summed E-state index contributed by atoms with van der Waals surface area (Å²) in [5.41, 5.74) is 6.26. The molecule has 0 bridgehead atoms. The lowest BCUT2D eigenvalue weighted by molar-refractivity contribution is -0.143. The van der Waals surface area contributed by atoms with E-state index >= 15 is 0 Å². The zero-order chi connectivity index (χ0) is 20.3. The Bertz CT molecular complexity index is 862. The summed E-state index contributed by atoms with van der Waals surface area (Å²) in [4.78, 5) is 32.9. The normalized spacial score (nSPS) is 24.1. The molecule has 1 saturated carbocycles. The van der Waals surface area contributed by atoms with Crippen LogP contribution >= 0.6 is 0 Å². The summed E-state index contributed by atoms with van der Waals surface area (Å²) in [5, 5.41) is 0. The van der Waals surface area contributed by atoms with Crippen molar-refractivity contribution in [3.8, 4) is 0 Å². The molecule has 0 radical (unpaired) electrons. The molecular weight excluding hydrogens is 362 g/mol. The van der Waals surface area contributed by atoms with Crippen LogP contribution in [-0.4, -0.2) is 34.8 Å². The average Bonchev–Trinajstić information content (AvgIpc) is 2.80. The predicted octanol–water partition coefficient (Wildman–Crippen LogP) is 3.33. The third-order valence-electron chi connectivity index (χ3n) is 6.85. The SMILES string of the molecule is NC(=O)[C@]1(c2ccccn2)CCCN(C(=O)C2(c3ccccc3)CCCCC2)C1. The lowest BCUT2D eigenvalue weighted by Gasteiger charge is -2.45. The van der Waals surface area contributed by atoms with E-state index in [9.17, 15) is 9.59 Å². The van der Waals surface area contributed by atoms with Crippen molar-refractivity contribution >= 4 is 11.8 Å². The highest BCUT2D eigenvalue weighted by Gasteiger charge is 2.49. The van der Waals surface area contributed by atoms with Gasteiger partial charge in [0.05, 0.1) is 11.1 Å². The number of benzene rings is 1. The van der Waals surface area contributed by atoms with E-state index in [-0.39, 0.29) is 5.91 Å². The van der Waals surface area contributed by atoms with Crippen molar-refractivity contribution in [2.24, 2.45) is 5.73 Å². The number of piperidine rings is 1. The van der Waals surface area contributed by atoms with Crippen molar-refractivity contribution in [1.82, 2.24) is 9.88 Å². The molecule has 1 aliphatic heterocycles. The van der Waals surface area contributed by atoms with Gasteiger partial charge in [-0.05, 0) is 43.4 Å². The molecule has 0 unspecified atom stereocenters. The summed E-state index contributed by atoms with van der Waals surface area (Å²) < 4.78 is 0. The molecule has 29 heavy (non-hydrogen) atoms. The highest BCUT2D eigenvalue weighted by molar-refractivity contribution is 5.91. The zero-order valence-electron chi connectivity index (χ0n) is 16.8. The van der Waals surface area contributed by atoms with E-state index in [2.05, 4.69) is 17.1 Å². The summed E-state index contributed by atoms with van der Waals surface area (Å²) in [5.74, 6) is -0.254. The summed E-state index contributed by atoms with van der Waals surface area (Å²) in [6.45, 7) is 0.974. The number of hydrogen-bond acceptors (Lipinski definition) is 3. The second-order valence-corrected chi connectivity index (χ2v) is 8.50. The van der Waals surface area contributed by atoms with Gasteiger partial charge in [0.2, 0.25) is 11.8 Å². The number of pyridine rings is 1. The van der Waals surface area contributed by atoms with Crippen molar-refractivity contribution < 1.29 is 9.59 Å². The Kier molecular flexibility index (Phi) is 5.39. The molecular formula is C24H29N3O2. The molecule has 2 amide bonds. The number of hydrogen-bond donors (Lipinski definition) is 1. The lowest BCUT2D eigenvalue weighted by atomic mass is 9.67. The van der Waals surface area contributed by atoms with Gasteiger partial charge in [-0.3, -0.25) is 14.6 Å². The number of likely N-dealkylation sites (tertiary alicyclic amines) is 1. The zero-order valence-corrected chi connectivity index (χ0v) is 16.8. The molecule has 2 aromatic rings. The van der Waals surface area contributed by atoms with Gasteiger partial charge in [0.15, 0.2) is 0 Å². The van der Waals surface area contributed by atoms with Crippen LogP contribution in [0.25, 0.3) is 0 Å². The third kappa shape index (κ3) is 3.43. The number of amides is 2. The van der Waals surface area contributed by atoms with Gasteiger partial charge in [0.1, 0.15) is 5.41 Å². The van der Waals surface area contributed by atoms with E-state index in [1.807, 2.05) is 41.3 Å². The lowest BCUT2D eigenvalue weighted by Crippen LogP contribution is -2.59. The highest BCUT2D eigenvalue weighted by atomic mass is 16.2. The molecule has 5 heteroatoms. The number of primary amides is 1. The molecule has 1 aliphatic carbocycles. The van der Waals surface area contributed by atoms with Crippen molar-refractivity contribution in [3.63, 3.8) is 0 Å². The van der Waals surface area contributed by atoms with Gasteiger partial charge in [-0.1, -0.05) is 55.7 Å². The molecule has 2 fully saturated rings. The van der Waals surface area contributed by atoms with Crippen LogP contribution in [-0.2, 0) is 20.4 Å². The van der Waals surface area contributed by atoms with Crippen LogP contribution in [0.2, 0.25) is 0 Å². The second kappa shape index (κ2) is 7.97. The molecule has 1 saturated heterocycles. The minimum absolute atomic E-state index is 0.143. The van der Waals surface area contributed by atoms with E-state index in [0.29, 0.717) is 25.2 Å². The van der Waals surface area contributed by atoms with Gasteiger partial charge in [-0.25, -0.2) is 0 Å². The number of nitrogens with zero attached hydrogens (tertiary/aromatic N) is 2. The summed E-state index contributed by atoms with van der Waals surface area (Å²) in [7, 11) is 0. The first-order chi connectivity index (χ1) is 14.1. The Morgan fingerprint density at radius 3 is 2.21 bits per heavy atom. The molecule has 2 heterocycles. The molecule has 2 aliphatic rings. The van der Waals surface area contributed by atoms with Crippen LogP contribution in [0.15, 0.2) is 54.7 Å². The maximum Gasteiger partial charge on any atom is 0.233 e. The Balaban J connectivity index is 1.69. The largest absolute Gasteiger partial charge is 0.369 e. The molecule has 152 valence electrons. The first kappa shape index (κ1) is 19.6. The van der Waals surface area contributed by atoms with Gasteiger partial charge >= 0.3 is 0 Å². The highest BCUT2D eigenvalue weighted by Crippen LogP contribution is 2.43. The smallest absolute Gasteiger partial charge is 0.233 e.